The van der Waals surface area contributed by atoms with Gasteiger partial charge in [0.1, 0.15) is 28.7 Å². The Kier molecular flexibility index (Phi) is 6.23. The number of rotatable bonds is 6. The molecule has 0 aliphatic heterocycles. The summed E-state index contributed by atoms with van der Waals surface area (Å²) in [6.45, 7) is 5.75. The topological polar surface area (TPSA) is 86.1 Å². The Morgan fingerprint density at radius 1 is 0.897 bits per heavy atom. The number of aromatic nitrogens is 4. The normalized spacial score (nSPS) is 11.4. The van der Waals surface area contributed by atoms with Gasteiger partial charge in [-0.2, -0.15) is 0 Å². The van der Waals surface area contributed by atoms with Gasteiger partial charge in [-0.15, -0.1) is 0 Å². The fourth-order valence-corrected chi connectivity index (χ4v) is 5.42. The van der Waals surface area contributed by atoms with Crippen molar-refractivity contribution in [3.05, 3.63) is 88.2 Å². The molecule has 0 saturated heterocycles. The minimum Gasteiger partial charge on any atom is -0.497 e. The lowest BCUT2D eigenvalue weighted by Crippen LogP contribution is -2.00. The number of hydrogen-bond donors (Lipinski definition) is 1. The van der Waals surface area contributed by atoms with Gasteiger partial charge in [-0.1, -0.05) is 35.0 Å². The molecule has 1 N–H and O–H groups in total. The van der Waals surface area contributed by atoms with Gasteiger partial charge in [0.05, 0.1) is 31.2 Å². The molecule has 196 valence electrons. The predicted molar refractivity (Wildman–Crippen MR) is 154 cm³/mol. The van der Waals surface area contributed by atoms with Crippen LogP contribution >= 0.6 is 11.6 Å². The quantitative estimate of drug-likeness (QED) is 0.235. The van der Waals surface area contributed by atoms with Crippen LogP contribution in [-0.4, -0.2) is 34.3 Å². The zero-order chi connectivity index (χ0) is 27.3. The Bertz CT molecular complexity index is 1840. The smallest absolute Gasteiger partial charge is 0.142 e. The number of ether oxygens (including phenoxy) is 2. The van der Waals surface area contributed by atoms with Gasteiger partial charge in [0.2, 0.25) is 0 Å². The number of benzene rings is 3. The molecule has 3 aromatic heterocycles. The molecule has 0 radical (unpaired) electrons. The Balaban J connectivity index is 1.55. The summed E-state index contributed by atoms with van der Waals surface area (Å²) in [4.78, 5) is 13.2. The van der Waals surface area contributed by atoms with Crippen LogP contribution in [0.15, 0.2) is 59.1 Å². The molecule has 6 rings (SSSR count). The SMILES string of the molecule is COc1ccc(Cc2nc(C)nc3[nH]c4cc(-c5c(C)noc5C)c(OC)cc4c23)c(-c2ccc(Cl)cc2)c1. The van der Waals surface area contributed by atoms with Crippen LogP contribution < -0.4 is 9.47 Å². The molecule has 39 heavy (non-hydrogen) atoms. The van der Waals surface area contributed by atoms with Crippen LogP contribution in [0.5, 0.6) is 11.5 Å². The number of methoxy groups -OCH3 is 2. The minimum absolute atomic E-state index is 0.600. The lowest BCUT2D eigenvalue weighted by molar-refractivity contribution is 0.393. The van der Waals surface area contributed by atoms with E-state index in [2.05, 4.69) is 28.3 Å². The summed E-state index contributed by atoms with van der Waals surface area (Å²) in [6.07, 6.45) is 0.600. The van der Waals surface area contributed by atoms with Crippen LogP contribution in [-0.2, 0) is 6.42 Å². The van der Waals surface area contributed by atoms with Crippen LogP contribution in [0, 0.1) is 20.8 Å². The average Bonchev–Trinajstić information content (AvgIpc) is 3.46. The van der Waals surface area contributed by atoms with Crippen molar-refractivity contribution in [3.63, 3.8) is 0 Å². The van der Waals surface area contributed by atoms with E-state index in [1.165, 1.54) is 0 Å². The first-order chi connectivity index (χ1) is 18.9. The predicted octanol–water partition coefficient (Wildman–Crippen LogP) is 7.62. The monoisotopic (exact) mass is 538 g/mol. The van der Waals surface area contributed by atoms with Crippen molar-refractivity contribution < 1.29 is 14.0 Å². The van der Waals surface area contributed by atoms with E-state index in [9.17, 15) is 0 Å². The van der Waals surface area contributed by atoms with Crippen molar-refractivity contribution >= 4 is 33.5 Å². The van der Waals surface area contributed by atoms with Gasteiger partial charge in [0.25, 0.3) is 0 Å². The second kappa shape index (κ2) is 9.75. The number of aromatic amines is 1. The number of hydrogen-bond acceptors (Lipinski definition) is 6. The maximum Gasteiger partial charge on any atom is 0.142 e. The summed E-state index contributed by atoms with van der Waals surface area (Å²) >= 11 is 6.17. The number of fused-ring (bicyclic) bond motifs is 3. The van der Waals surface area contributed by atoms with Crippen LogP contribution in [0.25, 0.3) is 44.2 Å². The van der Waals surface area contributed by atoms with Gasteiger partial charge in [-0.25, -0.2) is 9.97 Å². The van der Waals surface area contributed by atoms with E-state index in [4.69, 9.17) is 35.6 Å². The van der Waals surface area contributed by atoms with Crippen LogP contribution in [0.4, 0.5) is 0 Å². The second-order valence-electron chi connectivity index (χ2n) is 9.57. The molecule has 0 unspecified atom stereocenters. The summed E-state index contributed by atoms with van der Waals surface area (Å²) in [5.41, 5.74) is 8.55. The maximum absolute atomic E-state index is 6.17. The standard InChI is InChI=1S/C31H27ClN4O3/c1-16-29(17(2)39-36-16)25-14-26-24(15-28(25)38-5)30-27(33-18(3)34-31(30)35-26)12-20-8-11-22(37-4)13-23(20)19-6-9-21(32)10-7-19/h6-11,13-15H,12H2,1-5H3,(H,33,34,35). The molecule has 0 amide bonds. The lowest BCUT2D eigenvalue weighted by Gasteiger charge is -2.13. The molecule has 0 atom stereocenters. The maximum atomic E-state index is 6.17. The first kappa shape index (κ1) is 24.9. The van der Waals surface area contributed by atoms with E-state index in [-0.39, 0.29) is 0 Å². The van der Waals surface area contributed by atoms with E-state index >= 15 is 0 Å². The van der Waals surface area contributed by atoms with E-state index in [1.54, 1.807) is 14.2 Å². The van der Waals surface area contributed by atoms with Crippen LogP contribution in [0.1, 0.15) is 28.5 Å². The zero-order valence-corrected chi connectivity index (χ0v) is 23.1. The third kappa shape index (κ3) is 4.38. The second-order valence-corrected chi connectivity index (χ2v) is 10.0. The van der Waals surface area contributed by atoms with E-state index in [0.29, 0.717) is 17.3 Å². The van der Waals surface area contributed by atoms with Crippen molar-refractivity contribution in [2.75, 3.05) is 14.2 Å². The van der Waals surface area contributed by atoms with Crippen molar-refractivity contribution in [1.29, 1.82) is 0 Å². The highest BCUT2D eigenvalue weighted by Gasteiger charge is 2.21. The van der Waals surface area contributed by atoms with Crippen LogP contribution in [0.3, 0.4) is 0 Å². The van der Waals surface area contributed by atoms with Gasteiger partial charge >= 0.3 is 0 Å². The van der Waals surface area contributed by atoms with Crippen molar-refractivity contribution in [1.82, 2.24) is 20.1 Å². The minimum atomic E-state index is 0.600. The highest BCUT2D eigenvalue weighted by molar-refractivity contribution is 6.30. The van der Waals surface area contributed by atoms with Gasteiger partial charge in [-0.3, -0.25) is 0 Å². The molecule has 0 fully saturated rings. The first-order valence-electron chi connectivity index (χ1n) is 12.6. The van der Waals surface area contributed by atoms with Gasteiger partial charge in [0.15, 0.2) is 0 Å². The lowest BCUT2D eigenvalue weighted by atomic mass is 9.95. The third-order valence-electron chi connectivity index (χ3n) is 7.09. The van der Waals surface area contributed by atoms with Gasteiger partial charge < -0.3 is 19.0 Å². The molecular formula is C31H27ClN4O3. The molecule has 0 bridgehead atoms. The van der Waals surface area contributed by atoms with Gasteiger partial charge in [-0.05, 0) is 73.9 Å². The van der Waals surface area contributed by atoms with Crippen LogP contribution in [0.2, 0.25) is 5.02 Å². The molecule has 8 heteroatoms. The number of halogens is 1. The molecular weight excluding hydrogens is 512 g/mol. The Labute approximate surface area is 230 Å². The Morgan fingerprint density at radius 3 is 2.38 bits per heavy atom. The highest BCUT2D eigenvalue weighted by atomic mass is 35.5. The molecule has 3 aromatic carbocycles. The average molecular weight is 539 g/mol. The van der Waals surface area contributed by atoms with Gasteiger partial charge in [0, 0.05) is 33.3 Å². The number of nitrogens with zero attached hydrogens (tertiary/aromatic N) is 3. The summed E-state index contributed by atoms with van der Waals surface area (Å²) in [5.74, 6) is 2.96. The zero-order valence-electron chi connectivity index (χ0n) is 22.3. The number of nitrogens with one attached hydrogen (secondary N) is 1. The Morgan fingerprint density at radius 2 is 1.69 bits per heavy atom. The molecule has 0 spiro atoms. The third-order valence-corrected chi connectivity index (χ3v) is 7.34. The summed E-state index contributed by atoms with van der Waals surface area (Å²) in [7, 11) is 3.35. The largest absolute Gasteiger partial charge is 0.497 e. The summed E-state index contributed by atoms with van der Waals surface area (Å²) in [6, 6.07) is 18.1. The fraction of sp³-hybridized carbons (Fsp3) is 0.194. The van der Waals surface area contributed by atoms with Crippen molar-refractivity contribution in [2.24, 2.45) is 0 Å². The Hall–Kier alpha value is -4.36. The fourth-order valence-electron chi connectivity index (χ4n) is 5.30. The summed E-state index contributed by atoms with van der Waals surface area (Å²) in [5, 5.41) is 6.79. The molecule has 7 nitrogen and oxygen atoms in total. The highest BCUT2D eigenvalue weighted by Crippen LogP contribution is 2.40. The molecule has 0 aliphatic rings. The number of H-pyrrole nitrogens is 1. The molecule has 3 heterocycles. The molecule has 6 aromatic rings. The van der Waals surface area contributed by atoms with E-state index < -0.39 is 0 Å². The van der Waals surface area contributed by atoms with E-state index in [0.717, 1.165) is 78.4 Å². The van der Waals surface area contributed by atoms with Crippen molar-refractivity contribution in [2.45, 2.75) is 27.2 Å². The molecule has 0 saturated carbocycles. The van der Waals surface area contributed by atoms with E-state index in [1.807, 2.05) is 57.2 Å². The summed E-state index contributed by atoms with van der Waals surface area (Å²) < 4.78 is 16.8. The number of aryl methyl sites for hydroxylation is 3. The van der Waals surface area contributed by atoms with Crippen molar-refractivity contribution in [3.8, 4) is 33.8 Å². The first-order valence-corrected chi connectivity index (χ1v) is 13.0. The molecule has 0 aliphatic carbocycles.